The fourth-order valence-corrected chi connectivity index (χ4v) is 2.53. The van der Waals surface area contributed by atoms with Crippen LogP contribution in [0.15, 0.2) is 46.9 Å². The van der Waals surface area contributed by atoms with Crippen LogP contribution in [0.5, 0.6) is 0 Å². The third-order valence-electron chi connectivity index (χ3n) is 3.14. The zero-order valence-corrected chi connectivity index (χ0v) is 13.6. The van der Waals surface area contributed by atoms with Crippen molar-refractivity contribution in [1.82, 2.24) is 0 Å². The highest BCUT2D eigenvalue weighted by atomic mass is 79.9. The maximum absolute atomic E-state index is 12.8. The van der Waals surface area contributed by atoms with Crippen molar-refractivity contribution in [3.05, 3.63) is 63.9 Å². The van der Waals surface area contributed by atoms with Gasteiger partial charge in [0.1, 0.15) is 5.82 Å². The van der Waals surface area contributed by atoms with Crippen molar-refractivity contribution in [1.29, 1.82) is 0 Å². The van der Waals surface area contributed by atoms with Crippen molar-refractivity contribution in [3.63, 3.8) is 0 Å². The summed E-state index contributed by atoms with van der Waals surface area (Å²) < 4.78 is 13.6. The summed E-state index contributed by atoms with van der Waals surface area (Å²) in [4.78, 5) is 23.8. The van der Waals surface area contributed by atoms with Gasteiger partial charge in [-0.1, -0.05) is 6.07 Å². The van der Waals surface area contributed by atoms with Crippen molar-refractivity contribution in [2.75, 3.05) is 5.32 Å². The van der Waals surface area contributed by atoms with Crippen LogP contribution >= 0.6 is 15.9 Å². The predicted molar refractivity (Wildman–Crippen MR) is 87.5 cm³/mol. The molecule has 1 amide bonds. The maximum Gasteiger partial charge on any atom is 0.224 e. The van der Waals surface area contributed by atoms with Gasteiger partial charge in [0.05, 0.1) is 5.69 Å². The van der Waals surface area contributed by atoms with Crippen molar-refractivity contribution in [2.24, 2.45) is 0 Å². The maximum atomic E-state index is 12.8. The SMILES string of the molecule is Cc1ccc(NC(=O)CCC(=O)c2ccc(F)cc2)c(Br)c1. The molecule has 2 rings (SSSR count). The van der Waals surface area contributed by atoms with E-state index in [0.29, 0.717) is 11.3 Å². The molecule has 2 aromatic carbocycles. The normalized spacial score (nSPS) is 10.3. The van der Waals surface area contributed by atoms with Gasteiger partial charge in [-0.05, 0) is 64.8 Å². The number of anilines is 1. The highest BCUT2D eigenvalue weighted by Crippen LogP contribution is 2.23. The number of benzene rings is 2. The van der Waals surface area contributed by atoms with E-state index in [4.69, 9.17) is 0 Å². The summed E-state index contributed by atoms with van der Waals surface area (Å²) in [5.74, 6) is -0.809. The highest BCUT2D eigenvalue weighted by Gasteiger charge is 2.11. The summed E-state index contributed by atoms with van der Waals surface area (Å²) in [7, 11) is 0. The molecule has 0 fully saturated rings. The van der Waals surface area contributed by atoms with E-state index in [1.807, 2.05) is 19.1 Å². The van der Waals surface area contributed by atoms with Crippen LogP contribution in [-0.2, 0) is 4.79 Å². The zero-order valence-electron chi connectivity index (χ0n) is 12.0. The Balaban J connectivity index is 1.89. The largest absolute Gasteiger partial charge is 0.325 e. The highest BCUT2D eigenvalue weighted by molar-refractivity contribution is 9.10. The number of amides is 1. The first-order valence-electron chi connectivity index (χ1n) is 6.80. The predicted octanol–water partition coefficient (Wildman–Crippen LogP) is 4.50. The second kappa shape index (κ2) is 7.31. The molecule has 3 nitrogen and oxygen atoms in total. The van der Waals surface area contributed by atoms with Gasteiger partial charge in [0.15, 0.2) is 5.78 Å². The average molecular weight is 364 g/mol. The molecule has 114 valence electrons. The molecular weight excluding hydrogens is 349 g/mol. The minimum absolute atomic E-state index is 0.0799. The minimum atomic E-state index is -0.390. The lowest BCUT2D eigenvalue weighted by molar-refractivity contribution is -0.116. The topological polar surface area (TPSA) is 46.2 Å². The van der Waals surface area contributed by atoms with E-state index in [9.17, 15) is 14.0 Å². The second-order valence-electron chi connectivity index (χ2n) is 4.96. The van der Waals surface area contributed by atoms with Gasteiger partial charge >= 0.3 is 0 Å². The lowest BCUT2D eigenvalue weighted by Crippen LogP contribution is -2.14. The molecule has 1 N–H and O–H groups in total. The van der Waals surface area contributed by atoms with Gasteiger partial charge in [-0.25, -0.2) is 4.39 Å². The van der Waals surface area contributed by atoms with Crippen molar-refractivity contribution < 1.29 is 14.0 Å². The molecule has 0 atom stereocenters. The summed E-state index contributed by atoms with van der Waals surface area (Å²) in [6, 6.07) is 10.9. The average Bonchev–Trinajstić information content (AvgIpc) is 2.48. The molecule has 2 aromatic rings. The van der Waals surface area contributed by atoms with Crippen LogP contribution < -0.4 is 5.32 Å². The third kappa shape index (κ3) is 4.49. The molecule has 0 bridgehead atoms. The summed E-state index contributed by atoms with van der Waals surface area (Å²) in [5, 5.41) is 2.76. The first kappa shape index (κ1) is 16.4. The monoisotopic (exact) mass is 363 g/mol. The molecule has 5 heteroatoms. The van der Waals surface area contributed by atoms with Gasteiger partial charge in [0, 0.05) is 22.9 Å². The first-order chi connectivity index (χ1) is 10.5. The first-order valence-corrected chi connectivity index (χ1v) is 7.60. The van der Waals surface area contributed by atoms with Crippen LogP contribution in [-0.4, -0.2) is 11.7 Å². The van der Waals surface area contributed by atoms with Crippen molar-refractivity contribution >= 4 is 33.3 Å². The van der Waals surface area contributed by atoms with E-state index >= 15 is 0 Å². The number of nitrogens with one attached hydrogen (secondary N) is 1. The van der Waals surface area contributed by atoms with Crippen LogP contribution in [0.1, 0.15) is 28.8 Å². The van der Waals surface area contributed by atoms with Gasteiger partial charge in [-0.15, -0.1) is 0 Å². The third-order valence-corrected chi connectivity index (χ3v) is 3.80. The minimum Gasteiger partial charge on any atom is -0.325 e. The second-order valence-corrected chi connectivity index (χ2v) is 5.82. The lowest BCUT2D eigenvalue weighted by atomic mass is 10.1. The molecule has 0 heterocycles. The molecule has 22 heavy (non-hydrogen) atoms. The van der Waals surface area contributed by atoms with E-state index in [-0.39, 0.29) is 24.5 Å². The van der Waals surface area contributed by atoms with Crippen LogP contribution in [0.25, 0.3) is 0 Å². The van der Waals surface area contributed by atoms with E-state index in [1.165, 1.54) is 24.3 Å². The quantitative estimate of drug-likeness (QED) is 0.795. The van der Waals surface area contributed by atoms with E-state index in [1.54, 1.807) is 6.07 Å². The van der Waals surface area contributed by atoms with Crippen LogP contribution in [0, 0.1) is 12.7 Å². The standard InChI is InChI=1S/C17H15BrFNO2/c1-11-2-7-15(14(18)10-11)20-17(22)9-8-16(21)12-3-5-13(19)6-4-12/h2-7,10H,8-9H2,1H3,(H,20,22). The van der Waals surface area contributed by atoms with Crippen LogP contribution in [0.2, 0.25) is 0 Å². The smallest absolute Gasteiger partial charge is 0.224 e. The number of rotatable bonds is 5. The Morgan fingerprint density at radius 1 is 1.09 bits per heavy atom. The van der Waals surface area contributed by atoms with Gasteiger partial charge < -0.3 is 5.32 Å². The summed E-state index contributed by atoms with van der Waals surface area (Å²) >= 11 is 3.38. The lowest BCUT2D eigenvalue weighted by Gasteiger charge is -2.08. The van der Waals surface area contributed by atoms with E-state index in [2.05, 4.69) is 21.2 Å². The Morgan fingerprint density at radius 3 is 2.41 bits per heavy atom. The number of aryl methyl sites for hydroxylation is 1. The Hall–Kier alpha value is -2.01. The molecule has 0 saturated carbocycles. The van der Waals surface area contributed by atoms with E-state index in [0.717, 1.165) is 10.0 Å². The summed E-state index contributed by atoms with van der Waals surface area (Å²) in [6.45, 7) is 1.96. The molecule has 0 radical (unpaired) electrons. The fraction of sp³-hybridized carbons (Fsp3) is 0.176. The Morgan fingerprint density at radius 2 is 1.77 bits per heavy atom. The number of hydrogen-bond acceptors (Lipinski definition) is 2. The summed E-state index contributed by atoms with van der Waals surface area (Å²) in [6.07, 6.45) is 0.164. The van der Waals surface area contributed by atoms with Gasteiger partial charge in [-0.3, -0.25) is 9.59 Å². The number of ketones is 1. The fourth-order valence-electron chi connectivity index (χ4n) is 1.94. The number of halogens is 2. The molecule has 0 aliphatic carbocycles. The molecule has 0 saturated heterocycles. The van der Waals surface area contributed by atoms with Gasteiger partial charge in [-0.2, -0.15) is 0 Å². The van der Waals surface area contributed by atoms with Gasteiger partial charge in [0.2, 0.25) is 5.91 Å². The number of Topliss-reactive ketones (excluding diaryl/α,β-unsaturated/α-hetero) is 1. The van der Waals surface area contributed by atoms with Crippen LogP contribution in [0.4, 0.5) is 10.1 Å². The molecule has 0 spiro atoms. The molecule has 0 aliphatic heterocycles. The van der Waals surface area contributed by atoms with Crippen molar-refractivity contribution in [2.45, 2.75) is 19.8 Å². The zero-order chi connectivity index (χ0) is 16.1. The Labute approximate surface area is 136 Å². The number of hydrogen-bond donors (Lipinski definition) is 1. The van der Waals surface area contributed by atoms with Gasteiger partial charge in [0.25, 0.3) is 0 Å². The molecular formula is C17H15BrFNO2. The summed E-state index contributed by atoms with van der Waals surface area (Å²) in [5.41, 5.74) is 2.16. The molecule has 0 unspecified atom stereocenters. The Bertz CT molecular complexity index is 698. The van der Waals surface area contributed by atoms with E-state index < -0.39 is 5.82 Å². The molecule has 0 aromatic heterocycles. The number of carbonyl (C=O) groups excluding carboxylic acids is 2. The van der Waals surface area contributed by atoms with Crippen LogP contribution in [0.3, 0.4) is 0 Å². The number of carbonyl (C=O) groups is 2. The Kier molecular flexibility index (Phi) is 5.44. The van der Waals surface area contributed by atoms with Crippen molar-refractivity contribution in [3.8, 4) is 0 Å². The molecule has 0 aliphatic rings.